The second-order valence-corrected chi connectivity index (χ2v) is 7.25. The minimum Gasteiger partial charge on any atom is -0.389 e. The van der Waals surface area contributed by atoms with Crippen LogP contribution in [0.5, 0.6) is 0 Å². The molecule has 0 bridgehead atoms. The molecule has 0 saturated carbocycles. The first-order chi connectivity index (χ1) is 9.79. The number of thiocarbonyl (C=S) groups is 1. The molecule has 1 unspecified atom stereocenters. The van der Waals surface area contributed by atoms with E-state index >= 15 is 0 Å². The second-order valence-electron chi connectivity index (χ2n) is 4.66. The van der Waals surface area contributed by atoms with Gasteiger partial charge in [-0.3, -0.25) is 4.79 Å². The number of benzene rings is 1. The van der Waals surface area contributed by atoms with Crippen LogP contribution in [0.25, 0.3) is 0 Å². The SMILES string of the molecule is NC(=S)c1ccc(S(=O)(=O)NCC2CCC(=O)N2)c(Cl)c1. The van der Waals surface area contributed by atoms with Gasteiger partial charge < -0.3 is 11.1 Å². The highest BCUT2D eigenvalue weighted by Gasteiger charge is 2.24. The van der Waals surface area contributed by atoms with Crippen molar-refractivity contribution in [1.82, 2.24) is 10.0 Å². The van der Waals surface area contributed by atoms with Crippen LogP contribution in [-0.2, 0) is 14.8 Å². The minimum atomic E-state index is -3.76. The molecular formula is C12H14ClN3O3S2. The highest BCUT2D eigenvalue weighted by Crippen LogP contribution is 2.22. The lowest BCUT2D eigenvalue weighted by Crippen LogP contribution is -2.38. The molecule has 0 radical (unpaired) electrons. The normalized spacial score (nSPS) is 18.5. The van der Waals surface area contributed by atoms with Gasteiger partial charge in [-0.05, 0) is 18.6 Å². The first-order valence-corrected chi connectivity index (χ1v) is 8.45. The van der Waals surface area contributed by atoms with Crippen LogP contribution in [0.3, 0.4) is 0 Å². The summed E-state index contributed by atoms with van der Waals surface area (Å²) < 4.78 is 26.8. The average Bonchev–Trinajstić information content (AvgIpc) is 2.82. The van der Waals surface area contributed by atoms with E-state index in [9.17, 15) is 13.2 Å². The molecule has 21 heavy (non-hydrogen) atoms. The van der Waals surface area contributed by atoms with Gasteiger partial charge in [0.1, 0.15) is 9.88 Å². The molecule has 0 aromatic heterocycles. The standard InChI is InChI=1S/C12H14ClN3O3S2/c13-9-5-7(12(14)20)1-3-10(9)21(18,19)15-6-8-2-4-11(17)16-8/h1,3,5,8,15H,2,4,6H2,(H2,14,20)(H,16,17). The number of amides is 1. The lowest BCUT2D eigenvalue weighted by Gasteiger charge is -2.13. The molecule has 4 N–H and O–H groups in total. The van der Waals surface area contributed by atoms with E-state index in [-0.39, 0.29) is 33.4 Å². The van der Waals surface area contributed by atoms with Gasteiger partial charge in [0.05, 0.1) is 5.02 Å². The number of carbonyl (C=O) groups is 1. The number of nitrogens with two attached hydrogens (primary N) is 1. The molecular weight excluding hydrogens is 334 g/mol. The molecule has 1 aliphatic rings. The van der Waals surface area contributed by atoms with E-state index in [2.05, 4.69) is 10.0 Å². The molecule has 1 fully saturated rings. The van der Waals surface area contributed by atoms with Gasteiger partial charge >= 0.3 is 0 Å². The first kappa shape index (κ1) is 16.2. The Kier molecular flexibility index (Phi) is 4.82. The van der Waals surface area contributed by atoms with Crippen molar-refractivity contribution in [1.29, 1.82) is 0 Å². The molecule has 0 spiro atoms. The van der Waals surface area contributed by atoms with Gasteiger partial charge in [-0.15, -0.1) is 0 Å². The third-order valence-corrected chi connectivity index (χ3v) is 5.25. The lowest BCUT2D eigenvalue weighted by atomic mass is 10.2. The Morgan fingerprint density at radius 1 is 1.52 bits per heavy atom. The fourth-order valence-corrected chi connectivity index (χ4v) is 3.74. The number of nitrogens with one attached hydrogen (secondary N) is 2. The zero-order chi connectivity index (χ0) is 15.6. The summed E-state index contributed by atoms with van der Waals surface area (Å²) in [6, 6.07) is 4.07. The maximum atomic E-state index is 12.2. The van der Waals surface area contributed by atoms with E-state index in [1.54, 1.807) is 0 Å². The quantitative estimate of drug-likeness (QED) is 0.674. The Morgan fingerprint density at radius 2 is 2.24 bits per heavy atom. The third-order valence-electron chi connectivity index (χ3n) is 3.11. The second kappa shape index (κ2) is 6.27. The fraction of sp³-hybridized carbons (Fsp3) is 0.333. The van der Waals surface area contributed by atoms with Gasteiger partial charge in [0.2, 0.25) is 15.9 Å². The molecule has 0 aliphatic carbocycles. The van der Waals surface area contributed by atoms with Crippen LogP contribution in [0.15, 0.2) is 23.1 Å². The van der Waals surface area contributed by atoms with Gasteiger partial charge in [-0.2, -0.15) is 0 Å². The molecule has 114 valence electrons. The van der Waals surface area contributed by atoms with E-state index in [0.29, 0.717) is 18.4 Å². The van der Waals surface area contributed by atoms with E-state index in [1.807, 2.05) is 0 Å². The number of sulfonamides is 1. The highest BCUT2D eigenvalue weighted by atomic mass is 35.5. The zero-order valence-corrected chi connectivity index (χ0v) is 13.3. The summed E-state index contributed by atoms with van der Waals surface area (Å²) in [4.78, 5) is 11.2. The van der Waals surface area contributed by atoms with Crippen LogP contribution in [0, 0.1) is 0 Å². The van der Waals surface area contributed by atoms with Crippen molar-refractivity contribution in [3.63, 3.8) is 0 Å². The van der Waals surface area contributed by atoms with E-state index < -0.39 is 10.0 Å². The van der Waals surface area contributed by atoms with Crippen molar-refractivity contribution in [3.05, 3.63) is 28.8 Å². The van der Waals surface area contributed by atoms with Gasteiger partial charge in [0.25, 0.3) is 0 Å². The third kappa shape index (κ3) is 3.91. The van der Waals surface area contributed by atoms with Crippen molar-refractivity contribution in [2.75, 3.05) is 6.54 Å². The summed E-state index contributed by atoms with van der Waals surface area (Å²) in [6.07, 6.45) is 1.02. The van der Waals surface area contributed by atoms with Crippen LogP contribution >= 0.6 is 23.8 Å². The Bertz CT molecular complexity index is 691. The van der Waals surface area contributed by atoms with Crippen molar-refractivity contribution < 1.29 is 13.2 Å². The monoisotopic (exact) mass is 347 g/mol. The fourth-order valence-electron chi connectivity index (χ4n) is 1.99. The molecule has 2 rings (SSSR count). The Hall–Kier alpha value is -1.22. The molecule has 1 aromatic rings. The van der Waals surface area contributed by atoms with E-state index in [4.69, 9.17) is 29.6 Å². The predicted molar refractivity (Wildman–Crippen MR) is 83.7 cm³/mol. The summed E-state index contributed by atoms with van der Waals surface area (Å²) in [6.45, 7) is 0.126. The van der Waals surface area contributed by atoms with Crippen molar-refractivity contribution >= 4 is 44.7 Å². The summed E-state index contributed by atoms with van der Waals surface area (Å²) in [5, 5.41) is 2.73. The zero-order valence-electron chi connectivity index (χ0n) is 10.9. The van der Waals surface area contributed by atoms with Gasteiger partial charge in [0, 0.05) is 24.6 Å². The van der Waals surface area contributed by atoms with E-state index in [0.717, 1.165) is 0 Å². The molecule has 1 heterocycles. The number of rotatable bonds is 5. The molecule has 1 atom stereocenters. The minimum absolute atomic E-state index is 0.0447. The van der Waals surface area contributed by atoms with Gasteiger partial charge in [0.15, 0.2) is 0 Å². The van der Waals surface area contributed by atoms with Crippen molar-refractivity contribution in [2.45, 2.75) is 23.8 Å². The average molecular weight is 348 g/mol. The topological polar surface area (TPSA) is 101 Å². The Labute approximate surface area is 133 Å². The van der Waals surface area contributed by atoms with Crippen LogP contribution in [0.2, 0.25) is 5.02 Å². The van der Waals surface area contributed by atoms with Gasteiger partial charge in [-0.25, -0.2) is 13.1 Å². The maximum Gasteiger partial charge on any atom is 0.242 e. The summed E-state index contributed by atoms with van der Waals surface area (Å²) in [5.41, 5.74) is 5.96. The molecule has 1 saturated heterocycles. The Balaban J connectivity index is 2.12. The molecule has 1 amide bonds. The van der Waals surface area contributed by atoms with Crippen LogP contribution in [0.4, 0.5) is 0 Å². The van der Waals surface area contributed by atoms with Crippen molar-refractivity contribution in [2.24, 2.45) is 5.73 Å². The molecule has 6 nitrogen and oxygen atoms in total. The number of carbonyl (C=O) groups excluding carboxylic acids is 1. The molecule has 1 aromatic carbocycles. The Morgan fingerprint density at radius 3 is 2.76 bits per heavy atom. The van der Waals surface area contributed by atoms with E-state index in [1.165, 1.54) is 18.2 Å². The predicted octanol–water partition coefficient (Wildman–Crippen LogP) is 0.531. The summed E-state index contributed by atoms with van der Waals surface area (Å²) in [7, 11) is -3.76. The number of hydrogen-bond acceptors (Lipinski definition) is 4. The summed E-state index contributed by atoms with van der Waals surface area (Å²) in [5.74, 6) is -0.0713. The van der Waals surface area contributed by atoms with Gasteiger partial charge in [-0.1, -0.05) is 29.9 Å². The first-order valence-electron chi connectivity index (χ1n) is 6.18. The number of halogens is 1. The van der Waals surface area contributed by atoms with Crippen LogP contribution in [-0.4, -0.2) is 31.9 Å². The van der Waals surface area contributed by atoms with Crippen LogP contribution < -0.4 is 15.8 Å². The molecule has 9 heteroatoms. The lowest BCUT2D eigenvalue weighted by molar-refractivity contribution is -0.119. The largest absolute Gasteiger partial charge is 0.389 e. The highest BCUT2D eigenvalue weighted by molar-refractivity contribution is 7.89. The number of hydrogen-bond donors (Lipinski definition) is 3. The summed E-state index contributed by atoms with van der Waals surface area (Å²) >= 11 is 10.8. The van der Waals surface area contributed by atoms with Crippen molar-refractivity contribution in [3.8, 4) is 0 Å². The molecule has 1 aliphatic heterocycles. The smallest absolute Gasteiger partial charge is 0.242 e. The van der Waals surface area contributed by atoms with Crippen LogP contribution in [0.1, 0.15) is 18.4 Å². The maximum absolute atomic E-state index is 12.2.